The maximum absolute atomic E-state index is 12.7. The van der Waals surface area contributed by atoms with Gasteiger partial charge in [-0.05, 0) is 19.9 Å². The summed E-state index contributed by atoms with van der Waals surface area (Å²) in [6.07, 6.45) is -1.47. The number of hydrogen-bond acceptors (Lipinski definition) is 6. The second-order valence-electron chi connectivity index (χ2n) is 6.67. The minimum atomic E-state index is -4.49. The van der Waals surface area contributed by atoms with Crippen LogP contribution in [0.2, 0.25) is 0 Å². The van der Waals surface area contributed by atoms with E-state index in [2.05, 4.69) is 15.3 Å². The minimum absolute atomic E-state index is 0.0807. The summed E-state index contributed by atoms with van der Waals surface area (Å²) in [5.41, 5.74) is -0.951. The van der Waals surface area contributed by atoms with Crippen LogP contribution >= 0.6 is 0 Å². The Bertz CT molecular complexity index is 631. The van der Waals surface area contributed by atoms with Gasteiger partial charge in [0, 0.05) is 38.3 Å². The second-order valence-corrected chi connectivity index (χ2v) is 6.67. The fourth-order valence-corrected chi connectivity index (χ4v) is 3.04. The number of nitrogens with one attached hydrogen (secondary N) is 1. The molecule has 0 aliphatic carbocycles. The molecule has 2 aliphatic rings. The van der Waals surface area contributed by atoms with Crippen molar-refractivity contribution in [3.05, 3.63) is 18.1 Å². The zero-order valence-corrected chi connectivity index (χ0v) is 14.5. The number of alkyl halides is 3. The summed E-state index contributed by atoms with van der Waals surface area (Å²) in [4.78, 5) is 22.8. The molecule has 2 fully saturated rings. The summed E-state index contributed by atoms with van der Waals surface area (Å²) in [5.74, 6) is 0.169. The van der Waals surface area contributed by atoms with Gasteiger partial charge in [0.05, 0.1) is 12.6 Å². The average molecular weight is 373 g/mol. The van der Waals surface area contributed by atoms with Gasteiger partial charge in [0.1, 0.15) is 17.8 Å². The van der Waals surface area contributed by atoms with Crippen LogP contribution in [0.4, 0.5) is 19.0 Å². The number of aromatic nitrogens is 2. The second kappa shape index (κ2) is 7.75. The maximum atomic E-state index is 12.7. The molecule has 0 aromatic carbocycles. The number of carbonyl (C=O) groups excluding carboxylic acids is 1. The maximum Gasteiger partial charge on any atom is 0.433 e. The number of rotatable bonds is 6. The highest BCUT2D eigenvalue weighted by Gasteiger charge is 2.36. The van der Waals surface area contributed by atoms with Crippen LogP contribution in [0, 0.1) is 0 Å². The number of hydrogen-bond donors (Lipinski definition) is 1. The van der Waals surface area contributed by atoms with Crippen molar-refractivity contribution in [2.24, 2.45) is 0 Å². The Hall–Kier alpha value is -1.94. The van der Waals surface area contributed by atoms with Crippen LogP contribution in [0.1, 0.15) is 18.5 Å². The summed E-state index contributed by atoms with van der Waals surface area (Å²) in [5, 5.41) is 2.86. The van der Waals surface area contributed by atoms with Crippen LogP contribution in [0.15, 0.2) is 12.4 Å². The molecule has 1 aromatic rings. The van der Waals surface area contributed by atoms with Crippen LogP contribution in [0.5, 0.6) is 0 Å². The number of nitrogens with zero attached hydrogens (tertiary/aromatic N) is 4. The number of amides is 1. The number of carbonyl (C=O) groups is 1. The fraction of sp³-hybridized carbons (Fsp3) is 0.688. The van der Waals surface area contributed by atoms with Crippen molar-refractivity contribution in [1.82, 2.24) is 20.2 Å². The molecule has 1 N–H and O–H groups in total. The largest absolute Gasteiger partial charge is 0.433 e. The smallest absolute Gasteiger partial charge is 0.376 e. The van der Waals surface area contributed by atoms with Crippen molar-refractivity contribution >= 4 is 11.7 Å². The molecular formula is C16H22F3N5O2. The van der Waals surface area contributed by atoms with Crippen molar-refractivity contribution in [2.45, 2.75) is 31.2 Å². The highest BCUT2D eigenvalue weighted by Crippen LogP contribution is 2.30. The lowest BCUT2D eigenvalue weighted by Crippen LogP contribution is -2.60. The van der Waals surface area contributed by atoms with E-state index in [4.69, 9.17) is 4.74 Å². The van der Waals surface area contributed by atoms with Crippen molar-refractivity contribution in [3.8, 4) is 0 Å². The summed E-state index contributed by atoms with van der Waals surface area (Å²) in [7, 11) is 1.83. The van der Waals surface area contributed by atoms with E-state index >= 15 is 0 Å². The molecule has 1 atom stereocenters. The van der Waals surface area contributed by atoms with Gasteiger partial charge in [0.25, 0.3) is 0 Å². The van der Waals surface area contributed by atoms with Crippen molar-refractivity contribution in [1.29, 1.82) is 0 Å². The van der Waals surface area contributed by atoms with Gasteiger partial charge in [-0.3, -0.25) is 9.69 Å². The van der Waals surface area contributed by atoms with E-state index in [9.17, 15) is 18.0 Å². The molecule has 3 heterocycles. The Morgan fingerprint density at radius 2 is 2.19 bits per heavy atom. The van der Waals surface area contributed by atoms with Crippen molar-refractivity contribution < 1.29 is 22.7 Å². The predicted molar refractivity (Wildman–Crippen MR) is 87.6 cm³/mol. The quantitative estimate of drug-likeness (QED) is 0.799. The first-order valence-corrected chi connectivity index (χ1v) is 8.55. The third-order valence-corrected chi connectivity index (χ3v) is 4.70. The molecule has 1 unspecified atom stereocenters. The predicted octanol–water partition coefficient (Wildman–Crippen LogP) is 0.911. The van der Waals surface area contributed by atoms with Crippen molar-refractivity contribution in [2.75, 3.05) is 44.7 Å². The first-order valence-electron chi connectivity index (χ1n) is 8.55. The normalized spacial score (nSPS) is 21.1. The standard InChI is InChI=1S/C16H22F3N5O2/c1-23(9-15(25)20-6-12-3-2-4-26-12)11-7-24(8-11)14-5-13(16(17,18)19)21-10-22-14/h5,10-12H,2-4,6-9H2,1H3,(H,20,25). The number of anilines is 1. The van der Waals surface area contributed by atoms with Gasteiger partial charge in [-0.1, -0.05) is 0 Å². The fourth-order valence-electron chi connectivity index (χ4n) is 3.04. The highest BCUT2D eigenvalue weighted by atomic mass is 19.4. The van der Waals surface area contributed by atoms with E-state index in [0.717, 1.165) is 31.8 Å². The molecule has 7 nitrogen and oxygen atoms in total. The van der Waals surface area contributed by atoms with Gasteiger partial charge in [-0.25, -0.2) is 9.97 Å². The van der Waals surface area contributed by atoms with E-state index in [1.807, 2.05) is 11.9 Å². The number of likely N-dealkylation sites (N-methyl/N-ethyl adjacent to an activating group) is 1. The van der Waals surface area contributed by atoms with Crippen LogP contribution in [0.3, 0.4) is 0 Å². The topological polar surface area (TPSA) is 70.6 Å². The lowest BCUT2D eigenvalue weighted by Gasteiger charge is -2.44. The monoisotopic (exact) mass is 373 g/mol. The van der Waals surface area contributed by atoms with Gasteiger partial charge < -0.3 is 15.0 Å². The molecule has 0 saturated carbocycles. The third-order valence-electron chi connectivity index (χ3n) is 4.70. The van der Waals surface area contributed by atoms with Gasteiger partial charge in [-0.15, -0.1) is 0 Å². The zero-order valence-electron chi connectivity index (χ0n) is 14.5. The van der Waals surface area contributed by atoms with Crippen LogP contribution < -0.4 is 10.2 Å². The van der Waals surface area contributed by atoms with E-state index in [-0.39, 0.29) is 30.4 Å². The Morgan fingerprint density at radius 1 is 1.42 bits per heavy atom. The van der Waals surface area contributed by atoms with Crippen molar-refractivity contribution in [3.63, 3.8) is 0 Å². The van der Waals surface area contributed by atoms with Gasteiger partial charge >= 0.3 is 6.18 Å². The first-order chi connectivity index (χ1) is 12.3. The number of ether oxygens (including phenoxy) is 1. The summed E-state index contributed by atoms with van der Waals surface area (Å²) >= 11 is 0. The molecule has 0 radical (unpaired) electrons. The van der Waals surface area contributed by atoms with Gasteiger partial charge in [0.2, 0.25) is 5.91 Å². The lowest BCUT2D eigenvalue weighted by molar-refractivity contribution is -0.141. The SMILES string of the molecule is CN(CC(=O)NCC1CCCO1)C1CN(c2cc(C(F)(F)F)ncn2)C1. The van der Waals surface area contributed by atoms with E-state index in [1.165, 1.54) is 0 Å². The Labute approximate surface area is 149 Å². The molecular weight excluding hydrogens is 351 g/mol. The molecule has 1 aromatic heterocycles. The van der Waals surface area contributed by atoms with Gasteiger partial charge in [0.15, 0.2) is 0 Å². The molecule has 0 spiro atoms. The molecule has 26 heavy (non-hydrogen) atoms. The summed E-state index contributed by atoms with van der Waals surface area (Å²) < 4.78 is 43.6. The summed E-state index contributed by atoms with van der Waals surface area (Å²) in [6, 6.07) is 1.04. The molecule has 2 saturated heterocycles. The van der Waals surface area contributed by atoms with Crippen LogP contribution in [-0.2, 0) is 15.7 Å². The molecule has 1 amide bonds. The van der Waals surface area contributed by atoms with E-state index < -0.39 is 11.9 Å². The molecule has 0 bridgehead atoms. The Kier molecular flexibility index (Phi) is 5.61. The third kappa shape index (κ3) is 4.61. The van der Waals surface area contributed by atoms with E-state index in [1.54, 1.807) is 4.90 Å². The highest BCUT2D eigenvalue weighted by molar-refractivity contribution is 5.78. The summed E-state index contributed by atoms with van der Waals surface area (Å²) in [6.45, 7) is 2.54. The van der Waals surface area contributed by atoms with Gasteiger partial charge in [-0.2, -0.15) is 13.2 Å². The Morgan fingerprint density at radius 3 is 2.85 bits per heavy atom. The molecule has 144 valence electrons. The average Bonchev–Trinajstić information content (AvgIpc) is 3.04. The van der Waals surface area contributed by atoms with Crippen LogP contribution in [-0.4, -0.2) is 72.8 Å². The molecule has 3 rings (SSSR count). The lowest BCUT2D eigenvalue weighted by atomic mass is 10.1. The first kappa shape index (κ1) is 18.8. The Balaban J connectivity index is 1.43. The number of halogens is 3. The minimum Gasteiger partial charge on any atom is -0.376 e. The van der Waals surface area contributed by atoms with E-state index in [0.29, 0.717) is 19.6 Å². The zero-order chi connectivity index (χ0) is 18.7. The molecule has 10 heteroatoms. The van der Waals surface area contributed by atoms with Crippen LogP contribution in [0.25, 0.3) is 0 Å². The molecule has 2 aliphatic heterocycles.